The number of rotatable bonds is 2. The van der Waals surface area contributed by atoms with Gasteiger partial charge in [-0.2, -0.15) is 0 Å². The molecule has 4 nitrogen and oxygen atoms in total. The van der Waals surface area contributed by atoms with Crippen molar-refractivity contribution >= 4 is 5.97 Å². The molecule has 0 amide bonds. The molecule has 1 aromatic carbocycles. The van der Waals surface area contributed by atoms with Crippen LogP contribution < -0.4 is 0 Å². The zero-order valence-electron chi connectivity index (χ0n) is 18.5. The highest BCUT2D eigenvalue weighted by Crippen LogP contribution is 2.23. The lowest BCUT2D eigenvalue weighted by Crippen LogP contribution is -2.50. The maximum Gasteiger partial charge on any atom is 0.335 e. The second-order valence-corrected chi connectivity index (χ2v) is 8.80. The van der Waals surface area contributed by atoms with E-state index in [4.69, 9.17) is 9.84 Å². The lowest BCUT2D eigenvalue weighted by molar-refractivity contribution is -0.0825. The summed E-state index contributed by atoms with van der Waals surface area (Å²) in [5.74, 6) is -0.879. The first-order valence-corrected chi connectivity index (χ1v) is 11.7. The molecule has 2 fully saturated rings. The smallest absolute Gasteiger partial charge is 0.335 e. The van der Waals surface area contributed by atoms with Crippen molar-refractivity contribution in [2.45, 2.75) is 103 Å². The van der Waals surface area contributed by atoms with E-state index in [1.54, 1.807) is 30.3 Å². The highest BCUT2D eigenvalue weighted by Gasteiger charge is 2.27. The molecule has 4 heteroatoms. The molecule has 1 aliphatic heterocycles. The van der Waals surface area contributed by atoms with Crippen LogP contribution in [-0.2, 0) is 4.74 Å². The van der Waals surface area contributed by atoms with Crippen LogP contribution in [0.25, 0.3) is 0 Å². The Kier molecular flexibility index (Phi) is 11.3. The zero-order chi connectivity index (χ0) is 20.9. The summed E-state index contributed by atoms with van der Waals surface area (Å²) in [5.41, 5.74) is 0.331. The molecule has 2 aliphatic rings. The molecular formula is C25H41NO3. The van der Waals surface area contributed by atoms with Gasteiger partial charge in [-0.1, -0.05) is 76.0 Å². The number of nitrogens with zero attached hydrogens (tertiary/aromatic N) is 1. The summed E-state index contributed by atoms with van der Waals surface area (Å²) in [5, 5.41) is 8.38. The molecule has 1 aliphatic carbocycles. The number of hydrogen-bond donors (Lipinski definition) is 1. The molecule has 0 bridgehead atoms. The first kappa shape index (κ1) is 23.9. The fraction of sp³-hybridized carbons (Fsp3) is 0.720. The Bertz CT molecular complexity index is 540. The monoisotopic (exact) mass is 403 g/mol. The molecule has 3 rings (SSSR count). The normalized spacial score (nSPS) is 25.7. The summed E-state index contributed by atoms with van der Waals surface area (Å²) in [6, 6.07) is 9.12. The minimum atomic E-state index is -0.879. The van der Waals surface area contributed by atoms with Gasteiger partial charge in [0.2, 0.25) is 0 Å². The van der Waals surface area contributed by atoms with Crippen LogP contribution in [0.1, 0.15) is 94.8 Å². The van der Waals surface area contributed by atoms with Crippen LogP contribution >= 0.6 is 0 Å². The number of hydrogen-bond acceptors (Lipinski definition) is 3. The van der Waals surface area contributed by atoms with E-state index in [9.17, 15) is 4.79 Å². The number of carbonyl (C=O) groups is 1. The van der Waals surface area contributed by atoms with Crippen LogP contribution in [0.3, 0.4) is 0 Å². The standard InChI is InChI=1S/C18H35NO.C7H6O2/c1-16-14-19(15-17(2)20-16)18-12-10-8-6-4-3-5-7-9-11-13-18;8-7(9)6-4-2-1-3-5-6/h16-18H,3-15H2,1-2H3;1-5H,(H,8,9). The molecule has 0 radical (unpaired) electrons. The lowest BCUT2D eigenvalue weighted by atomic mass is 9.96. The highest BCUT2D eigenvalue weighted by atomic mass is 16.5. The molecule has 164 valence electrons. The molecular weight excluding hydrogens is 362 g/mol. The average molecular weight is 404 g/mol. The quantitative estimate of drug-likeness (QED) is 0.643. The van der Waals surface area contributed by atoms with Crippen molar-refractivity contribution in [3.05, 3.63) is 35.9 Å². The number of carboxylic acids is 1. The van der Waals surface area contributed by atoms with E-state index in [0.29, 0.717) is 17.8 Å². The van der Waals surface area contributed by atoms with Gasteiger partial charge in [-0.3, -0.25) is 4.90 Å². The van der Waals surface area contributed by atoms with Crippen molar-refractivity contribution in [3.8, 4) is 0 Å². The van der Waals surface area contributed by atoms with Gasteiger partial charge < -0.3 is 9.84 Å². The number of morpholine rings is 1. The predicted molar refractivity (Wildman–Crippen MR) is 120 cm³/mol. The zero-order valence-corrected chi connectivity index (χ0v) is 18.5. The van der Waals surface area contributed by atoms with Crippen LogP contribution in [0.2, 0.25) is 0 Å². The van der Waals surface area contributed by atoms with Crippen LogP contribution in [-0.4, -0.2) is 47.3 Å². The molecule has 1 heterocycles. The molecule has 2 unspecified atom stereocenters. The second-order valence-electron chi connectivity index (χ2n) is 8.80. The summed E-state index contributed by atoms with van der Waals surface area (Å²) in [6.45, 7) is 6.76. The number of benzene rings is 1. The minimum Gasteiger partial charge on any atom is -0.478 e. The summed E-state index contributed by atoms with van der Waals surface area (Å²) in [6.07, 6.45) is 16.8. The molecule has 29 heavy (non-hydrogen) atoms. The van der Waals surface area contributed by atoms with Crippen LogP contribution in [0.4, 0.5) is 0 Å². The number of ether oxygens (including phenoxy) is 1. The average Bonchev–Trinajstić information content (AvgIpc) is 2.69. The number of aromatic carboxylic acids is 1. The molecule has 1 aromatic rings. The summed E-state index contributed by atoms with van der Waals surface area (Å²) in [7, 11) is 0. The third-order valence-electron chi connectivity index (χ3n) is 6.06. The Morgan fingerprint density at radius 1 is 0.828 bits per heavy atom. The second kappa shape index (κ2) is 13.8. The van der Waals surface area contributed by atoms with Gasteiger partial charge in [0, 0.05) is 19.1 Å². The molecule has 2 atom stereocenters. The minimum absolute atomic E-state index is 0.331. The molecule has 0 aromatic heterocycles. The van der Waals surface area contributed by atoms with E-state index in [-0.39, 0.29) is 0 Å². The van der Waals surface area contributed by atoms with Gasteiger partial charge in [-0.05, 0) is 38.8 Å². The van der Waals surface area contributed by atoms with E-state index in [1.807, 2.05) is 0 Å². The van der Waals surface area contributed by atoms with E-state index in [1.165, 1.54) is 70.6 Å². The van der Waals surface area contributed by atoms with Gasteiger partial charge in [0.25, 0.3) is 0 Å². The number of carboxylic acid groups (broad SMARTS) is 1. The van der Waals surface area contributed by atoms with Crippen LogP contribution in [0.5, 0.6) is 0 Å². The SMILES string of the molecule is CC1CN(C2CCCCCCCCCCC2)CC(C)O1.O=C(O)c1ccccc1. The van der Waals surface area contributed by atoms with Crippen molar-refractivity contribution in [1.29, 1.82) is 0 Å². The molecule has 1 saturated heterocycles. The molecule has 0 spiro atoms. The molecule has 1 saturated carbocycles. The third kappa shape index (κ3) is 9.77. The van der Waals surface area contributed by atoms with Gasteiger partial charge in [0.1, 0.15) is 0 Å². The predicted octanol–water partition coefficient (Wildman–Crippen LogP) is 6.15. The van der Waals surface area contributed by atoms with Crippen molar-refractivity contribution in [3.63, 3.8) is 0 Å². The topological polar surface area (TPSA) is 49.8 Å². The fourth-order valence-electron chi connectivity index (χ4n) is 4.60. The summed E-state index contributed by atoms with van der Waals surface area (Å²) >= 11 is 0. The van der Waals surface area contributed by atoms with Gasteiger partial charge in [-0.15, -0.1) is 0 Å². The van der Waals surface area contributed by atoms with Crippen molar-refractivity contribution < 1.29 is 14.6 Å². The fourth-order valence-corrected chi connectivity index (χ4v) is 4.60. The summed E-state index contributed by atoms with van der Waals surface area (Å²) in [4.78, 5) is 12.9. The maximum absolute atomic E-state index is 10.2. The van der Waals surface area contributed by atoms with E-state index in [2.05, 4.69) is 18.7 Å². The van der Waals surface area contributed by atoms with Gasteiger partial charge in [-0.25, -0.2) is 4.79 Å². The van der Waals surface area contributed by atoms with Crippen molar-refractivity contribution in [2.75, 3.05) is 13.1 Å². The van der Waals surface area contributed by atoms with Crippen LogP contribution in [0.15, 0.2) is 30.3 Å². The van der Waals surface area contributed by atoms with E-state index >= 15 is 0 Å². The third-order valence-corrected chi connectivity index (χ3v) is 6.06. The van der Waals surface area contributed by atoms with Crippen molar-refractivity contribution in [1.82, 2.24) is 4.90 Å². The van der Waals surface area contributed by atoms with E-state index < -0.39 is 5.97 Å². The maximum atomic E-state index is 10.2. The lowest BCUT2D eigenvalue weighted by Gasteiger charge is -2.40. The first-order chi connectivity index (χ1) is 14.1. The Morgan fingerprint density at radius 2 is 1.28 bits per heavy atom. The Balaban J connectivity index is 0.000000278. The van der Waals surface area contributed by atoms with Crippen LogP contribution in [0, 0.1) is 0 Å². The Morgan fingerprint density at radius 3 is 1.69 bits per heavy atom. The molecule has 1 N–H and O–H groups in total. The summed E-state index contributed by atoms with van der Waals surface area (Å²) < 4.78 is 5.90. The highest BCUT2D eigenvalue weighted by molar-refractivity contribution is 5.87. The Hall–Kier alpha value is -1.39. The largest absolute Gasteiger partial charge is 0.478 e. The van der Waals surface area contributed by atoms with Gasteiger partial charge >= 0.3 is 5.97 Å². The van der Waals surface area contributed by atoms with Crippen molar-refractivity contribution in [2.24, 2.45) is 0 Å². The van der Waals surface area contributed by atoms with Gasteiger partial charge in [0.15, 0.2) is 0 Å². The Labute approximate surface area is 177 Å². The van der Waals surface area contributed by atoms with Gasteiger partial charge in [0.05, 0.1) is 17.8 Å². The first-order valence-electron chi connectivity index (χ1n) is 11.7. The van der Waals surface area contributed by atoms with E-state index in [0.717, 1.165) is 19.1 Å².